The van der Waals surface area contributed by atoms with Crippen LogP contribution >= 0.6 is 11.6 Å². The fourth-order valence-corrected chi connectivity index (χ4v) is 2.12. The van der Waals surface area contributed by atoms with Crippen molar-refractivity contribution in [3.8, 4) is 5.69 Å². The number of para-hydroxylation sites is 1. The third-order valence-electron chi connectivity index (χ3n) is 3.21. The summed E-state index contributed by atoms with van der Waals surface area (Å²) in [7, 11) is 1.71. The van der Waals surface area contributed by atoms with E-state index in [9.17, 15) is 0 Å². The zero-order valence-corrected chi connectivity index (χ0v) is 12.1. The largest absolute Gasteiger partial charge is 0.380 e. The predicted molar refractivity (Wildman–Crippen MR) is 78.1 cm³/mol. The zero-order valence-electron chi connectivity index (χ0n) is 11.3. The number of hydrogen-bond acceptors (Lipinski definition) is 3. The quantitative estimate of drug-likeness (QED) is 0.912. The number of ether oxygens (including phenoxy) is 1. The summed E-state index contributed by atoms with van der Waals surface area (Å²) >= 11 is 6.30. The highest BCUT2D eigenvalue weighted by molar-refractivity contribution is 6.33. The summed E-state index contributed by atoms with van der Waals surface area (Å²) in [6.45, 7) is 4.10. The van der Waals surface area contributed by atoms with E-state index in [0.29, 0.717) is 5.02 Å². The number of methoxy groups -OCH3 is 1. The number of halogens is 1. The molecular weight excluding hydrogens is 262 g/mol. The van der Waals surface area contributed by atoms with Crippen LogP contribution in [0.3, 0.4) is 0 Å². The Morgan fingerprint density at radius 2 is 2.16 bits per heavy atom. The first kappa shape index (κ1) is 13.9. The van der Waals surface area contributed by atoms with Crippen molar-refractivity contribution in [3.63, 3.8) is 0 Å². The second kappa shape index (κ2) is 6.08. The minimum absolute atomic E-state index is 0.106. The summed E-state index contributed by atoms with van der Waals surface area (Å²) in [5, 5.41) is 4.11. The fraction of sp³-hybridized carbons (Fsp3) is 0.357. The van der Waals surface area contributed by atoms with E-state index >= 15 is 0 Å². The molecule has 0 aliphatic rings. The minimum Gasteiger partial charge on any atom is -0.380 e. The van der Waals surface area contributed by atoms with Crippen LogP contribution in [0.15, 0.2) is 36.9 Å². The van der Waals surface area contributed by atoms with E-state index in [4.69, 9.17) is 16.3 Å². The van der Waals surface area contributed by atoms with Gasteiger partial charge in [0.15, 0.2) is 0 Å². The monoisotopic (exact) mass is 279 g/mol. The van der Waals surface area contributed by atoms with Gasteiger partial charge in [-0.25, -0.2) is 4.98 Å². The van der Waals surface area contributed by atoms with Gasteiger partial charge < -0.3 is 14.6 Å². The van der Waals surface area contributed by atoms with Gasteiger partial charge in [-0.2, -0.15) is 0 Å². The number of anilines is 1. The van der Waals surface area contributed by atoms with Crippen molar-refractivity contribution in [2.45, 2.75) is 26.0 Å². The van der Waals surface area contributed by atoms with Crippen LogP contribution in [0.25, 0.3) is 5.69 Å². The van der Waals surface area contributed by atoms with Crippen molar-refractivity contribution in [1.82, 2.24) is 9.55 Å². The van der Waals surface area contributed by atoms with Crippen molar-refractivity contribution < 1.29 is 4.74 Å². The molecule has 0 radical (unpaired) electrons. The van der Waals surface area contributed by atoms with E-state index in [0.717, 1.165) is 11.4 Å². The number of rotatable bonds is 5. The third-order valence-corrected chi connectivity index (χ3v) is 3.51. The first-order valence-electron chi connectivity index (χ1n) is 6.19. The Morgan fingerprint density at radius 1 is 1.37 bits per heavy atom. The van der Waals surface area contributed by atoms with E-state index in [1.807, 2.05) is 35.9 Å². The molecule has 19 heavy (non-hydrogen) atoms. The van der Waals surface area contributed by atoms with Gasteiger partial charge in [0.05, 0.1) is 28.8 Å². The first-order chi connectivity index (χ1) is 9.13. The van der Waals surface area contributed by atoms with Crippen LogP contribution in [0.4, 0.5) is 5.69 Å². The van der Waals surface area contributed by atoms with E-state index in [2.05, 4.69) is 17.2 Å². The number of nitrogens with zero attached hydrogens (tertiary/aromatic N) is 2. The molecule has 2 atom stereocenters. The second-order valence-electron chi connectivity index (χ2n) is 4.48. The lowest BCUT2D eigenvalue weighted by Crippen LogP contribution is -2.30. The molecule has 1 heterocycles. The fourth-order valence-electron chi connectivity index (χ4n) is 1.85. The maximum atomic E-state index is 6.30. The van der Waals surface area contributed by atoms with Gasteiger partial charge in [0.1, 0.15) is 0 Å². The summed E-state index contributed by atoms with van der Waals surface area (Å²) in [6, 6.07) is 5.97. The number of nitrogens with one attached hydrogen (secondary N) is 1. The van der Waals surface area contributed by atoms with Gasteiger partial charge in [-0.15, -0.1) is 0 Å². The molecule has 102 valence electrons. The first-order valence-corrected chi connectivity index (χ1v) is 6.57. The number of aromatic nitrogens is 2. The predicted octanol–water partition coefficient (Wildman–Crippen LogP) is 3.36. The highest BCUT2D eigenvalue weighted by atomic mass is 35.5. The van der Waals surface area contributed by atoms with E-state index in [-0.39, 0.29) is 12.1 Å². The average molecular weight is 280 g/mol. The van der Waals surface area contributed by atoms with Crippen LogP contribution in [0, 0.1) is 0 Å². The van der Waals surface area contributed by atoms with Crippen LogP contribution in [-0.4, -0.2) is 28.8 Å². The Kier molecular flexibility index (Phi) is 4.45. The van der Waals surface area contributed by atoms with Gasteiger partial charge in [0, 0.05) is 25.5 Å². The Morgan fingerprint density at radius 3 is 2.79 bits per heavy atom. The lowest BCUT2D eigenvalue weighted by Gasteiger charge is -2.23. The summed E-state index contributed by atoms with van der Waals surface area (Å²) in [5.41, 5.74) is 1.86. The molecule has 0 amide bonds. The summed E-state index contributed by atoms with van der Waals surface area (Å²) in [5.74, 6) is 0. The van der Waals surface area contributed by atoms with Crippen LogP contribution < -0.4 is 5.32 Å². The molecule has 0 fully saturated rings. The molecule has 0 aliphatic heterocycles. The lowest BCUT2D eigenvalue weighted by atomic mass is 10.2. The Labute approximate surface area is 118 Å². The molecule has 2 rings (SSSR count). The molecule has 0 spiro atoms. The molecule has 0 aliphatic carbocycles. The normalized spacial score (nSPS) is 14.1. The molecule has 1 N–H and O–H groups in total. The molecule has 1 aromatic carbocycles. The van der Waals surface area contributed by atoms with Gasteiger partial charge >= 0.3 is 0 Å². The van der Waals surface area contributed by atoms with Gasteiger partial charge in [0.2, 0.25) is 0 Å². The van der Waals surface area contributed by atoms with Crippen LogP contribution in [0.2, 0.25) is 5.02 Å². The van der Waals surface area contributed by atoms with E-state index < -0.39 is 0 Å². The Balaban J connectivity index is 2.33. The maximum absolute atomic E-state index is 6.30. The molecule has 5 heteroatoms. The standard InChI is InChI=1S/C14H18ClN3O/c1-10(11(2)19-3)17-13-6-4-5-12(15)14(13)18-8-7-16-9-18/h4-11,17H,1-3H3. The van der Waals surface area contributed by atoms with Gasteiger partial charge in [-0.3, -0.25) is 0 Å². The summed E-state index contributed by atoms with van der Waals surface area (Å²) < 4.78 is 7.23. The topological polar surface area (TPSA) is 39.1 Å². The van der Waals surface area contributed by atoms with Crippen molar-refractivity contribution in [1.29, 1.82) is 0 Å². The lowest BCUT2D eigenvalue weighted by molar-refractivity contribution is 0.106. The van der Waals surface area contributed by atoms with Crippen molar-refractivity contribution >= 4 is 17.3 Å². The van der Waals surface area contributed by atoms with E-state index in [1.54, 1.807) is 19.6 Å². The number of benzene rings is 1. The molecule has 0 bridgehead atoms. The smallest absolute Gasteiger partial charge is 0.0992 e. The second-order valence-corrected chi connectivity index (χ2v) is 4.89. The van der Waals surface area contributed by atoms with Gasteiger partial charge in [-0.1, -0.05) is 17.7 Å². The van der Waals surface area contributed by atoms with Crippen LogP contribution in [0.1, 0.15) is 13.8 Å². The Bertz CT molecular complexity index is 527. The van der Waals surface area contributed by atoms with Crippen LogP contribution in [0.5, 0.6) is 0 Å². The van der Waals surface area contributed by atoms with Crippen molar-refractivity contribution in [2.75, 3.05) is 12.4 Å². The van der Waals surface area contributed by atoms with Crippen molar-refractivity contribution in [3.05, 3.63) is 41.9 Å². The molecular formula is C14H18ClN3O. The third kappa shape index (κ3) is 3.08. The highest BCUT2D eigenvalue weighted by Crippen LogP contribution is 2.29. The SMILES string of the molecule is COC(C)C(C)Nc1cccc(Cl)c1-n1ccnc1. The highest BCUT2D eigenvalue weighted by Gasteiger charge is 2.15. The minimum atomic E-state index is 0.106. The van der Waals surface area contributed by atoms with Gasteiger partial charge in [0.25, 0.3) is 0 Å². The van der Waals surface area contributed by atoms with Crippen molar-refractivity contribution in [2.24, 2.45) is 0 Å². The average Bonchev–Trinajstić information content (AvgIpc) is 2.91. The zero-order chi connectivity index (χ0) is 13.8. The Hall–Kier alpha value is -1.52. The van der Waals surface area contributed by atoms with E-state index in [1.165, 1.54) is 0 Å². The molecule has 2 unspecified atom stereocenters. The van der Waals surface area contributed by atoms with Gasteiger partial charge in [-0.05, 0) is 26.0 Å². The van der Waals surface area contributed by atoms with Crippen LogP contribution in [-0.2, 0) is 4.74 Å². The summed E-state index contributed by atoms with van der Waals surface area (Å²) in [4.78, 5) is 4.06. The molecule has 4 nitrogen and oxygen atoms in total. The molecule has 0 saturated carbocycles. The molecule has 1 aromatic heterocycles. The molecule has 2 aromatic rings. The number of hydrogen-bond donors (Lipinski definition) is 1. The number of imidazole rings is 1. The summed E-state index contributed by atoms with van der Waals surface area (Å²) in [6.07, 6.45) is 5.44. The molecule has 0 saturated heterocycles. The maximum Gasteiger partial charge on any atom is 0.0992 e.